The first kappa shape index (κ1) is 10.9. The predicted octanol–water partition coefficient (Wildman–Crippen LogP) is 3.31. The maximum absolute atomic E-state index is 5.53. The first-order chi connectivity index (χ1) is 7.88. The van der Waals surface area contributed by atoms with E-state index in [0.29, 0.717) is 0 Å². The number of benzene rings is 1. The van der Waals surface area contributed by atoms with Crippen molar-refractivity contribution in [3.05, 3.63) is 65.3 Å². The van der Waals surface area contributed by atoms with Gasteiger partial charge >= 0.3 is 0 Å². The highest BCUT2D eigenvalue weighted by atomic mass is 14.5. The van der Waals surface area contributed by atoms with E-state index in [9.17, 15) is 0 Å². The van der Waals surface area contributed by atoms with Gasteiger partial charge in [-0.25, -0.2) is 0 Å². The van der Waals surface area contributed by atoms with Crippen LogP contribution in [0, 0.1) is 0 Å². The van der Waals surface area contributed by atoms with E-state index in [-0.39, 0.29) is 0 Å². The van der Waals surface area contributed by atoms with Gasteiger partial charge in [-0.1, -0.05) is 60.2 Å². The average molecular weight is 211 g/mol. The third-order valence-electron chi connectivity index (χ3n) is 2.70. The molecule has 2 rings (SSSR count). The van der Waals surface area contributed by atoms with Gasteiger partial charge in [0.15, 0.2) is 0 Å². The van der Waals surface area contributed by atoms with Crippen molar-refractivity contribution < 1.29 is 0 Å². The molecule has 0 unspecified atom stereocenters. The van der Waals surface area contributed by atoms with Crippen LogP contribution in [0.5, 0.6) is 0 Å². The standard InChI is InChI=1S/C15H17N/c16-11-10-13-6-8-15(9-7-13)12-14-4-2-1-3-5-14/h1-8,12H,9-11,16H2. The van der Waals surface area contributed by atoms with E-state index >= 15 is 0 Å². The molecule has 0 spiro atoms. The van der Waals surface area contributed by atoms with Gasteiger partial charge in [0.2, 0.25) is 0 Å². The van der Waals surface area contributed by atoms with E-state index in [1.165, 1.54) is 16.7 Å². The highest BCUT2D eigenvalue weighted by Crippen LogP contribution is 2.19. The Labute approximate surface area is 97.0 Å². The molecule has 1 aliphatic carbocycles. The van der Waals surface area contributed by atoms with Crippen molar-refractivity contribution in [2.24, 2.45) is 5.73 Å². The number of hydrogen-bond donors (Lipinski definition) is 1. The molecular formula is C15H17N. The molecule has 0 aliphatic heterocycles. The second-order valence-corrected chi connectivity index (χ2v) is 3.99. The fourth-order valence-electron chi connectivity index (χ4n) is 1.82. The van der Waals surface area contributed by atoms with Crippen molar-refractivity contribution in [1.82, 2.24) is 0 Å². The Morgan fingerprint density at radius 2 is 1.94 bits per heavy atom. The molecule has 82 valence electrons. The monoisotopic (exact) mass is 211 g/mol. The Hall–Kier alpha value is -1.60. The topological polar surface area (TPSA) is 26.0 Å². The van der Waals surface area contributed by atoms with Gasteiger partial charge in [0.25, 0.3) is 0 Å². The van der Waals surface area contributed by atoms with Crippen LogP contribution in [0.3, 0.4) is 0 Å². The SMILES string of the molecule is NCCC1=CCC(=Cc2ccccc2)C=C1. The van der Waals surface area contributed by atoms with Crippen molar-refractivity contribution >= 4 is 6.08 Å². The molecule has 1 aromatic rings. The normalized spacial score (nSPS) is 17.6. The van der Waals surface area contributed by atoms with Crippen molar-refractivity contribution in [3.63, 3.8) is 0 Å². The van der Waals surface area contributed by atoms with Crippen LogP contribution in [0.1, 0.15) is 18.4 Å². The zero-order chi connectivity index (χ0) is 11.2. The Morgan fingerprint density at radius 1 is 1.12 bits per heavy atom. The minimum atomic E-state index is 0.730. The van der Waals surface area contributed by atoms with Crippen LogP contribution in [0.25, 0.3) is 6.08 Å². The van der Waals surface area contributed by atoms with E-state index < -0.39 is 0 Å². The van der Waals surface area contributed by atoms with Gasteiger partial charge in [-0.3, -0.25) is 0 Å². The Balaban J connectivity index is 2.05. The van der Waals surface area contributed by atoms with Crippen LogP contribution in [-0.2, 0) is 0 Å². The van der Waals surface area contributed by atoms with Gasteiger partial charge < -0.3 is 5.73 Å². The van der Waals surface area contributed by atoms with Gasteiger partial charge in [0, 0.05) is 0 Å². The lowest BCUT2D eigenvalue weighted by Crippen LogP contribution is -2.00. The van der Waals surface area contributed by atoms with Gasteiger partial charge in [-0.15, -0.1) is 0 Å². The highest BCUT2D eigenvalue weighted by molar-refractivity contribution is 5.57. The Bertz CT molecular complexity index is 424. The lowest BCUT2D eigenvalue weighted by Gasteiger charge is -2.08. The second-order valence-electron chi connectivity index (χ2n) is 3.99. The summed E-state index contributed by atoms with van der Waals surface area (Å²) >= 11 is 0. The molecule has 0 radical (unpaired) electrons. The molecule has 0 amide bonds. The largest absolute Gasteiger partial charge is 0.330 e. The van der Waals surface area contributed by atoms with Crippen LogP contribution in [-0.4, -0.2) is 6.54 Å². The van der Waals surface area contributed by atoms with Gasteiger partial charge in [-0.2, -0.15) is 0 Å². The number of hydrogen-bond acceptors (Lipinski definition) is 1. The molecule has 0 saturated carbocycles. The molecule has 1 aromatic carbocycles. The van der Waals surface area contributed by atoms with Gasteiger partial charge in [0.1, 0.15) is 0 Å². The summed E-state index contributed by atoms with van der Waals surface area (Å²) < 4.78 is 0. The van der Waals surface area contributed by atoms with E-state index in [2.05, 4.69) is 48.6 Å². The van der Waals surface area contributed by atoms with Crippen molar-refractivity contribution in [2.75, 3.05) is 6.54 Å². The van der Waals surface area contributed by atoms with Crippen LogP contribution in [0.15, 0.2) is 59.7 Å². The summed E-state index contributed by atoms with van der Waals surface area (Å²) in [5.41, 5.74) is 9.50. The molecule has 0 heterocycles. The molecule has 0 atom stereocenters. The van der Waals surface area contributed by atoms with Crippen LogP contribution in [0.4, 0.5) is 0 Å². The van der Waals surface area contributed by atoms with Gasteiger partial charge in [0.05, 0.1) is 0 Å². The number of nitrogens with two attached hydrogens (primary N) is 1. The third kappa shape index (κ3) is 2.94. The first-order valence-electron chi connectivity index (χ1n) is 5.71. The zero-order valence-electron chi connectivity index (χ0n) is 9.39. The maximum Gasteiger partial charge on any atom is -0.00368 e. The summed E-state index contributed by atoms with van der Waals surface area (Å²) in [7, 11) is 0. The summed E-state index contributed by atoms with van der Waals surface area (Å²) in [5.74, 6) is 0. The van der Waals surface area contributed by atoms with Crippen LogP contribution in [0.2, 0.25) is 0 Å². The van der Waals surface area contributed by atoms with Gasteiger partial charge in [-0.05, 0) is 30.5 Å². The molecule has 0 fully saturated rings. The predicted molar refractivity (Wildman–Crippen MR) is 69.9 cm³/mol. The van der Waals surface area contributed by atoms with E-state index in [1.54, 1.807) is 0 Å². The van der Waals surface area contributed by atoms with E-state index in [4.69, 9.17) is 5.73 Å². The minimum Gasteiger partial charge on any atom is -0.330 e. The Kier molecular flexibility index (Phi) is 3.73. The quantitative estimate of drug-likeness (QED) is 0.815. The summed E-state index contributed by atoms with van der Waals surface area (Å²) in [4.78, 5) is 0. The molecule has 2 N–H and O–H groups in total. The lowest BCUT2D eigenvalue weighted by atomic mass is 9.98. The number of allylic oxidation sites excluding steroid dienone is 4. The molecular weight excluding hydrogens is 194 g/mol. The fourth-order valence-corrected chi connectivity index (χ4v) is 1.82. The molecule has 1 aliphatic rings. The number of rotatable bonds is 3. The summed E-state index contributed by atoms with van der Waals surface area (Å²) in [6.45, 7) is 0.730. The highest BCUT2D eigenvalue weighted by Gasteiger charge is 2.00. The lowest BCUT2D eigenvalue weighted by molar-refractivity contribution is 0.959. The van der Waals surface area contributed by atoms with E-state index in [0.717, 1.165) is 19.4 Å². The zero-order valence-corrected chi connectivity index (χ0v) is 9.39. The Morgan fingerprint density at radius 3 is 2.56 bits per heavy atom. The van der Waals surface area contributed by atoms with Crippen molar-refractivity contribution in [1.29, 1.82) is 0 Å². The molecule has 0 saturated heterocycles. The van der Waals surface area contributed by atoms with Crippen LogP contribution >= 0.6 is 0 Å². The smallest absolute Gasteiger partial charge is 0.00368 e. The summed E-state index contributed by atoms with van der Waals surface area (Å²) in [6, 6.07) is 10.4. The van der Waals surface area contributed by atoms with Crippen LogP contribution < -0.4 is 5.73 Å². The molecule has 1 nitrogen and oxygen atoms in total. The molecule has 0 aromatic heterocycles. The first-order valence-corrected chi connectivity index (χ1v) is 5.71. The van der Waals surface area contributed by atoms with Crippen molar-refractivity contribution in [2.45, 2.75) is 12.8 Å². The van der Waals surface area contributed by atoms with Crippen molar-refractivity contribution in [3.8, 4) is 0 Å². The average Bonchev–Trinajstić information content (AvgIpc) is 2.33. The second kappa shape index (κ2) is 5.47. The molecule has 0 bridgehead atoms. The maximum atomic E-state index is 5.53. The van der Waals surface area contributed by atoms with E-state index in [1.807, 2.05) is 6.07 Å². The summed E-state index contributed by atoms with van der Waals surface area (Å²) in [6.07, 6.45) is 10.9. The molecule has 1 heteroatoms. The third-order valence-corrected chi connectivity index (χ3v) is 2.70. The summed E-state index contributed by atoms with van der Waals surface area (Å²) in [5, 5.41) is 0. The minimum absolute atomic E-state index is 0.730. The molecule has 16 heavy (non-hydrogen) atoms. The fraction of sp³-hybridized carbons (Fsp3) is 0.200.